The molecule has 0 radical (unpaired) electrons. The van der Waals surface area contributed by atoms with Gasteiger partial charge in [-0.1, -0.05) is 6.92 Å². The van der Waals surface area contributed by atoms with Crippen LogP contribution >= 0.6 is 0 Å². The maximum Gasteiger partial charge on any atom is 0.421 e. The molecule has 1 saturated carbocycles. The second-order valence-corrected chi connectivity index (χ2v) is 9.92. The van der Waals surface area contributed by atoms with Crippen molar-refractivity contribution < 1.29 is 46.5 Å². The van der Waals surface area contributed by atoms with Gasteiger partial charge in [0.05, 0.1) is 24.8 Å². The largest absolute Gasteiger partial charge is 0.481 e. The van der Waals surface area contributed by atoms with E-state index in [4.69, 9.17) is 14.6 Å². The molecule has 0 spiro atoms. The van der Waals surface area contributed by atoms with Crippen LogP contribution in [-0.2, 0) is 26.9 Å². The summed E-state index contributed by atoms with van der Waals surface area (Å²) in [7, 11) is 1.07. The van der Waals surface area contributed by atoms with Crippen molar-refractivity contribution in [3.8, 4) is 11.6 Å². The third-order valence-corrected chi connectivity index (χ3v) is 6.61. The van der Waals surface area contributed by atoms with E-state index in [1.807, 2.05) is 0 Å². The van der Waals surface area contributed by atoms with E-state index in [9.17, 15) is 27.6 Å². The third kappa shape index (κ3) is 7.04. The summed E-state index contributed by atoms with van der Waals surface area (Å²) in [6.07, 6.45) is -1.85. The number of carbonyl (C=O) groups excluding carboxylic acids is 2. The highest BCUT2D eigenvalue weighted by Gasteiger charge is 2.37. The fourth-order valence-corrected chi connectivity index (χ4v) is 4.60. The molecule has 212 valence electrons. The van der Waals surface area contributed by atoms with Crippen molar-refractivity contribution in [2.75, 3.05) is 12.0 Å². The molecule has 1 aliphatic carbocycles. The van der Waals surface area contributed by atoms with E-state index in [1.165, 1.54) is 4.90 Å². The van der Waals surface area contributed by atoms with E-state index < -0.39 is 53.6 Å². The van der Waals surface area contributed by atoms with Gasteiger partial charge in [-0.25, -0.2) is 14.2 Å². The molecule has 0 atom stereocenters. The van der Waals surface area contributed by atoms with E-state index >= 15 is 4.39 Å². The molecule has 1 fully saturated rings. The smallest absolute Gasteiger partial charge is 0.421 e. The summed E-state index contributed by atoms with van der Waals surface area (Å²) < 4.78 is 66.4. The first-order valence-electron chi connectivity index (χ1n) is 12.4. The number of carboxylic acids is 1. The number of aliphatic carboxylic acids is 1. The minimum atomic E-state index is -5.00. The Kier molecular flexibility index (Phi) is 9.18. The molecule has 3 rings (SSSR count). The van der Waals surface area contributed by atoms with Crippen molar-refractivity contribution in [2.45, 2.75) is 65.1 Å². The lowest BCUT2D eigenvalue weighted by atomic mass is 9.82. The Balaban J connectivity index is 2.07. The summed E-state index contributed by atoms with van der Waals surface area (Å²) in [5.41, 5.74) is -2.03. The molecule has 1 aromatic carbocycles. The number of amides is 1. The Labute approximate surface area is 222 Å². The standard InChI is InChI=1S/C27H30F4N2O6/c1-14(2)33(25(36)17-7-5-15(3)6-8-17)21-12-20(28)22(11-18(21)26(37)38-4)39-24-19(27(29,30)31)9-16(13-32-24)10-23(34)35/h9,11-15,17H,5-8,10H2,1-4H3,(H,34,35). The van der Waals surface area contributed by atoms with Gasteiger partial charge in [0.2, 0.25) is 11.8 Å². The number of esters is 1. The highest BCUT2D eigenvalue weighted by atomic mass is 19.4. The number of carboxylic acid groups (broad SMARTS) is 1. The zero-order valence-corrected chi connectivity index (χ0v) is 22.0. The van der Waals surface area contributed by atoms with E-state index in [-0.39, 0.29) is 28.6 Å². The van der Waals surface area contributed by atoms with Crippen LogP contribution in [0, 0.1) is 17.7 Å². The van der Waals surface area contributed by atoms with Crippen LogP contribution in [0.5, 0.6) is 11.6 Å². The predicted molar refractivity (Wildman–Crippen MR) is 132 cm³/mol. The van der Waals surface area contributed by atoms with Gasteiger partial charge in [0, 0.05) is 30.3 Å². The molecule has 0 aliphatic heterocycles. The van der Waals surface area contributed by atoms with Gasteiger partial charge in [-0.3, -0.25) is 9.59 Å². The molecule has 1 aromatic heterocycles. The van der Waals surface area contributed by atoms with Gasteiger partial charge in [0.15, 0.2) is 11.6 Å². The van der Waals surface area contributed by atoms with E-state index in [0.29, 0.717) is 24.8 Å². The highest BCUT2D eigenvalue weighted by molar-refractivity contribution is 6.04. The lowest BCUT2D eigenvalue weighted by molar-refractivity contribution is -0.139. The maximum absolute atomic E-state index is 15.3. The number of nitrogens with zero attached hydrogens (tertiary/aromatic N) is 2. The molecule has 0 bridgehead atoms. The lowest BCUT2D eigenvalue weighted by Gasteiger charge is -2.34. The van der Waals surface area contributed by atoms with Gasteiger partial charge >= 0.3 is 18.1 Å². The Hall–Kier alpha value is -3.70. The molecule has 8 nitrogen and oxygen atoms in total. The Bertz CT molecular complexity index is 1240. The number of hydrogen-bond donors (Lipinski definition) is 1. The quantitative estimate of drug-likeness (QED) is 0.315. The first-order valence-corrected chi connectivity index (χ1v) is 12.4. The first kappa shape index (κ1) is 29.9. The fraction of sp³-hybridized carbons (Fsp3) is 0.481. The maximum atomic E-state index is 15.3. The summed E-state index contributed by atoms with van der Waals surface area (Å²) in [5, 5.41) is 8.89. The normalized spacial score (nSPS) is 17.6. The van der Waals surface area contributed by atoms with Gasteiger partial charge in [0.1, 0.15) is 5.56 Å². The molecular formula is C27H30F4N2O6. The van der Waals surface area contributed by atoms with Crippen molar-refractivity contribution in [3.63, 3.8) is 0 Å². The number of halogens is 4. The molecule has 1 amide bonds. The Morgan fingerprint density at radius 1 is 1.13 bits per heavy atom. The predicted octanol–water partition coefficient (Wildman–Crippen LogP) is 6.01. The topological polar surface area (TPSA) is 106 Å². The van der Waals surface area contributed by atoms with Crippen molar-refractivity contribution in [1.82, 2.24) is 4.98 Å². The molecule has 0 unspecified atom stereocenters. The molecule has 12 heteroatoms. The van der Waals surface area contributed by atoms with Crippen molar-refractivity contribution in [1.29, 1.82) is 0 Å². The number of rotatable bonds is 8. The van der Waals surface area contributed by atoms with E-state index in [2.05, 4.69) is 11.9 Å². The SMILES string of the molecule is COC(=O)c1cc(Oc2ncc(CC(=O)O)cc2C(F)(F)F)c(F)cc1N(C(=O)C1CCC(C)CC1)C(C)C. The summed E-state index contributed by atoms with van der Waals surface area (Å²) in [6, 6.07) is 1.80. The summed E-state index contributed by atoms with van der Waals surface area (Å²) in [5.74, 6) is -5.38. The Morgan fingerprint density at radius 3 is 2.31 bits per heavy atom. The number of pyridine rings is 1. The van der Waals surface area contributed by atoms with Gasteiger partial charge in [0.25, 0.3) is 0 Å². The van der Waals surface area contributed by atoms with Crippen LogP contribution in [0.1, 0.15) is 67.9 Å². The number of aromatic nitrogens is 1. The van der Waals surface area contributed by atoms with Crippen LogP contribution in [0.25, 0.3) is 0 Å². The molecule has 0 saturated heterocycles. The van der Waals surface area contributed by atoms with Crippen LogP contribution in [-0.4, -0.2) is 41.1 Å². The minimum absolute atomic E-state index is 0.0915. The van der Waals surface area contributed by atoms with E-state index in [1.54, 1.807) is 13.8 Å². The monoisotopic (exact) mass is 554 g/mol. The van der Waals surface area contributed by atoms with E-state index in [0.717, 1.165) is 38.3 Å². The van der Waals surface area contributed by atoms with Crippen LogP contribution in [0.15, 0.2) is 24.4 Å². The number of hydrogen-bond acceptors (Lipinski definition) is 6. The molecular weight excluding hydrogens is 524 g/mol. The number of carbonyl (C=O) groups is 3. The Morgan fingerprint density at radius 2 is 1.77 bits per heavy atom. The lowest BCUT2D eigenvalue weighted by Crippen LogP contribution is -2.43. The first-order chi connectivity index (χ1) is 18.2. The van der Waals surface area contributed by atoms with Crippen molar-refractivity contribution in [2.24, 2.45) is 11.8 Å². The molecule has 1 N–H and O–H groups in total. The van der Waals surface area contributed by atoms with Gasteiger partial charge in [-0.2, -0.15) is 13.2 Å². The average Bonchev–Trinajstić information content (AvgIpc) is 2.85. The van der Waals surface area contributed by atoms with Gasteiger partial charge in [-0.05, 0) is 57.1 Å². The second kappa shape index (κ2) is 12.0. The van der Waals surface area contributed by atoms with Gasteiger partial charge in [-0.15, -0.1) is 0 Å². The summed E-state index contributed by atoms with van der Waals surface area (Å²) in [6.45, 7) is 5.50. The molecule has 2 aromatic rings. The highest BCUT2D eigenvalue weighted by Crippen LogP contribution is 2.40. The average molecular weight is 555 g/mol. The second-order valence-electron chi connectivity index (χ2n) is 9.92. The number of benzene rings is 1. The number of methoxy groups -OCH3 is 1. The van der Waals surface area contributed by atoms with Crippen LogP contribution in [0.2, 0.25) is 0 Å². The van der Waals surface area contributed by atoms with Crippen LogP contribution in [0.3, 0.4) is 0 Å². The number of anilines is 1. The summed E-state index contributed by atoms with van der Waals surface area (Å²) >= 11 is 0. The fourth-order valence-electron chi connectivity index (χ4n) is 4.60. The summed E-state index contributed by atoms with van der Waals surface area (Å²) in [4.78, 5) is 42.0. The number of ether oxygens (including phenoxy) is 2. The van der Waals surface area contributed by atoms with Crippen LogP contribution in [0.4, 0.5) is 23.2 Å². The van der Waals surface area contributed by atoms with Gasteiger partial charge < -0.3 is 19.5 Å². The third-order valence-electron chi connectivity index (χ3n) is 6.61. The zero-order valence-electron chi connectivity index (χ0n) is 22.0. The number of alkyl halides is 3. The minimum Gasteiger partial charge on any atom is -0.481 e. The molecule has 39 heavy (non-hydrogen) atoms. The van der Waals surface area contributed by atoms with Crippen molar-refractivity contribution in [3.05, 3.63) is 46.9 Å². The zero-order chi connectivity index (χ0) is 29.1. The molecule has 1 aliphatic rings. The van der Waals surface area contributed by atoms with Crippen molar-refractivity contribution >= 4 is 23.5 Å². The molecule has 1 heterocycles. The van der Waals surface area contributed by atoms with Crippen LogP contribution < -0.4 is 9.64 Å².